The summed E-state index contributed by atoms with van der Waals surface area (Å²) in [7, 11) is 0. The summed E-state index contributed by atoms with van der Waals surface area (Å²) in [6, 6.07) is 0. The Labute approximate surface area is 116 Å². The molecule has 0 radical (unpaired) electrons. The van der Waals surface area contributed by atoms with Gasteiger partial charge in [-0.3, -0.25) is 9.69 Å². The zero-order valence-electron chi connectivity index (χ0n) is 12.5. The van der Waals surface area contributed by atoms with Crippen LogP contribution in [0.25, 0.3) is 0 Å². The molecule has 4 heteroatoms. The second kappa shape index (κ2) is 5.41. The Bertz CT molecular complexity index is 335. The van der Waals surface area contributed by atoms with Crippen LogP contribution in [0, 0.1) is 11.3 Å². The number of carbonyl (C=O) groups is 1. The lowest BCUT2D eigenvalue weighted by Crippen LogP contribution is -2.60. The van der Waals surface area contributed by atoms with Crippen LogP contribution in [-0.4, -0.2) is 47.7 Å². The minimum atomic E-state index is -0.646. The van der Waals surface area contributed by atoms with Crippen LogP contribution in [0.4, 0.5) is 0 Å². The molecular formula is C15H28N2O2. The van der Waals surface area contributed by atoms with Gasteiger partial charge < -0.3 is 10.4 Å². The van der Waals surface area contributed by atoms with Gasteiger partial charge in [-0.15, -0.1) is 0 Å². The number of hydrogen-bond donors (Lipinski definition) is 2. The molecule has 0 spiro atoms. The topological polar surface area (TPSA) is 52.6 Å². The van der Waals surface area contributed by atoms with Gasteiger partial charge in [-0.05, 0) is 43.6 Å². The molecule has 1 heterocycles. The van der Waals surface area contributed by atoms with Gasteiger partial charge >= 0.3 is 5.97 Å². The maximum Gasteiger partial charge on any atom is 0.324 e. The number of nitrogens with zero attached hydrogens (tertiary/aromatic N) is 1. The fourth-order valence-corrected chi connectivity index (χ4v) is 4.34. The van der Waals surface area contributed by atoms with Gasteiger partial charge in [0.15, 0.2) is 0 Å². The molecule has 0 amide bonds. The highest BCUT2D eigenvalue weighted by Gasteiger charge is 2.51. The molecule has 1 aliphatic heterocycles. The largest absolute Gasteiger partial charge is 0.480 e. The molecule has 2 aliphatic rings. The van der Waals surface area contributed by atoms with Crippen LogP contribution >= 0.6 is 0 Å². The second-order valence-corrected chi connectivity index (χ2v) is 7.28. The lowest BCUT2D eigenvalue weighted by molar-refractivity contribution is -0.159. The lowest BCUT2D eigenvalue weighted by Gasteiger charge is -2.50. The van der Waals surface area contributed by atoms with E-state index in [-0.39, 0.29) is 5.41 Å². The minimum absolute atomic E-state index is 0.121. The molecule has 2 rings (SSSR count). The highest BCUT2D eigenvalue weighted by atomic mass is 16.4. The van der Waals surface area contributed by atoms with Gasteiger partial charge in [0.25, 0.3) is 0 Å². The van der Waals surface area contributed by atoms with E-state index in [1.165, 1.54) is 0 Å². The third kappa shape index (κ3) is 3.11. The fourth-order valence-electron chi connectivity index (χ4n) is 4.34. The Hall–Kier alpha value is -0.610. The minimum Gasteiger partial charge on any atom is -0.480 e. The first-order valence-electron chi connectivity index (χ1n) is 7.55. The van der Waals surface area contributed by atoms with Crippen LogP contribution in [0.5, 0.6) is 0 Å². The van der Waals surface area contributed by atoms with E-state index in [2.05, 4.69) is 31.0 Å². The third-order valence-electron chi connectivity index (χ3n) is 4.70. The van der Waals surface area contributed by atoms with E-state index in [4.69, 9.17) is 0 Å². The number of hydrogen-bond acceptors (Lipinski definition) is 3. The van der Waals surface area contributed by atoms with Crippen molar-refractivity contribution >= 4 is 5.97 Å². The van der Waals surface area contributed by atoms with E-state index in [1.807, 2.05) is 0 Å². The van der Waals surface area contributed by atoms with Crippen LogP contribution < -0.4 is 5.32 Å². The van der Waals surface area contributed by atoms with Crippen LogP contribution in [0.1, 0.15) is 46.5 Å². The van der Waals surface area contributed by atoms with E-state index in [9.17, 15) is 9.90 Å². The van der Waals surface area contributed by atoms with Gasteiger partial charge in [0.1, 0.15) is 5.54 Å². The zero-order chi connectivity index (χ0) is 14.1. The highest BCUT2D eigenvalue weighted by Crippen LogP contribution is 2.46. The number of carboxylic acid groups (broad SMARTS) is 1. The molecule has 0 aromatic carbocycles. The molecular weight excluding hydrogens is 240 g/mol. The average Bonchev–Trinajstić information content (AvgIpc) is 2.54. The summed E-state index contributed by atoms with van der Waals surface area (Å²) in [4.78, 5) is 14.3. The van der Waals surface area contributed by atoms with Gasteiger partial charge in [-0.25, -0.2) is 0 Å². The molecule has 4 nitrogen and oxygen atoms in total. The molecule has 2 fully saturated rings. The second-order valence-electron chi connectivity index (χ2n) is 7.28. The molecule has 1 saturated heterocycles. The maximum atomic E-state index is 12.1. The van der Waals surface area contributed by atoms with Crippen LogP contribution in [0.2, 0.25) is 0 Å². The summed E-state index contributed by atoms with van der Waals surface area (Å²) in [5.74, 6) is -0.134. The summed E-state index contributed by atoms with van der Waals surface area (Å²) in [6.07, 6.45) is 3.75. The van der Waals surface area contributed by atoms with Gasteiger partial charge in [0.05, 0.1) is 0 Å². The smallest absolute Gasteiger partial charge is 0.324 e. The van der Waals surface area contributed by atoms with Crippen molar-refractivity contribution in [2.75, 3.05) is 26.2 Å². The van der Waals surface area contributed by atoms with Crippen molar-refractivity contribution in [3.8, 4) is 0 Å². The molecule has 110 valence electrons. The predicted octanol–water partition coefficient (Wildman–Crippen LogP) is 1.95. The van der Waals surface area contributed by atoms with E-state index in [0.717, 1.165) is 51.9 Å². The van der Waals surface area contributed by atoms with E-state index in [0.29, 0.717) is 5.92 Å². The Morgan fingerprint density at radius 3 is 2.63 bits per heavy atom. The monoisotopic (exact) mass is 268 g/mol. The SMILES string of the molecule is CC1CC(C)(C)CC(C(=O)O)(N2CCCNCC2)C1. The van der Waals surface area contributed by atoms with Crippen molar-refractivity contribution in [2.24, 2.45) is 11.3 Å². The quantitative estimate of drug-likeness (QED) is 0.804. The normalized spacial score (nSPS) is 36.7. The molecule has 1 saturated carbocycles. The molecule has 0 aromatic rings. The van der Waals surface area contributed by atoms with Crippen molar-refractivity contribution in [2.45, 2.75) is 52.0 Å². The summed E-state index contributed by atoms with van der Waals surface area (Å²) >= 11 is 0. The Balaban J connectivity index is 2.28. The van der Waals surface area contributed by atoms with Gasteiger partial charge in [0, 0.05) is 19.6 Å². The highest BCUT2D eigenvalue weighted by molar-refractivity contribution is 5.79. The number of nitrogens with one attached hydrogen (secondary N) is 1. The van der Waals surface area contributed by atoms with Crippen molar-refractivity contribution in [1.29, 1.82) is 0 Å². The molecule has 2 N–H and O–H groups in total. The molecule has 2 unspecified atom stereocenters. The maximum absolute atomic E-state index is 12.1. The van der Waals surface area contributed by atoms with Gasteiger partial charge in [0.2, 0.25) is 0 Å². The summed E-state index contributed by atoms with van der Waals surface area (Å²) in [5, 5.41) is 13.3. The Kier molecular flexibility index (Phi) is 4.21. The average molecular weight is 268 g/mol. The first-order chi connectivity index (χ1) is 8.86. The standard InChI is InChI=1S/C15H28N2O2/c1-12-9-14(2,3)11-15(10-12,13(18)19)17-7-4-5-16-6-8-17/h12,16H,4-11H2,1-3H3,(H,18,19). The summed E-state index contributed by atoms with van der Waals surface area (Å²) in [6.45, 7) is 10.3. The molecule has 0 aromatic heterocycles. The predicted molar refractivity (Wildman–Crippen MR) is 76.2 cm³/mol. The van der Waals surface area contributed by atoms with Crippen molar-refractivity contribution < 1.29 is 9.90 Å². The molecule has 0 bridgehead atoms. The first-order valence-corrected chi connectivity index (χ1v) is 7.55. The summed E-state index contributed by atoms with van der Waals surface area (Å²) in [5.41, 5.74) is -0.525. The van der Waals surface area contributed by atoms with E-state index in [1.54, 1.807) is 0 Å². The molecule has 2 atom stereocenters. The zero-order valence-corrected chi connectivity index (χ0v) is 12.5. The van der Waals surface area contributed by atoms with Gasteiger partial charge in [-0.2, -0.15) is 0 Å². The molecule has 1 aliphatic carbocycles. The molecule has 19 heavy (non-hydrogen) atoms. The van der Waals surface area contributed by atoms with Gasteiger partial charge in [-0.1, -0.05) is 20.8 Å². The summed E-state index contributed by atoms with van der Waals surface area (Å²) < 4.78 is 0. The van der Waals surface area contributed by atoms with Crippen molar-refractivity contribution in [1.82, 2.24) is 10.2 Å². The van der Waals surface area contributed by atoms with Crippen LogP contribution in [0.15, 0.2) is 0 Å². The van der Waals surface area contributed by atoms with E-state index >= 15 is 0 Å². The van der Waals surface area contributed by atoms with Crippen molar-refractivity contribution in [3.05, 3.63) is 0 Å². The van der Waals surface area contributed by atoms with E-state index < -0.39 is 11.5 Å². The van der Waals surface area contributed by atoms with Crippen molar-refractivity contribution in [3.63, 3.8) is 0 Å². The third-order valence-corrected chi connectivity index (χ3v) is 4.70. The lowest BCUT2D eigenvalue weighted by atomic mass is 9.63. The Morgan fingerprint density at radius 2 is 2.00 bits per heavy atom. The number of aliphatic carboxylic acids is 1. The number of carboxylic acids is 1. The van der Waals surface area contributed by atoms with Crippen LogP contribution in [-0.2, 0) is 4.79 Å². The number of rotatable bonds is 2. The van der Waals surface area contributed by atoms with Crippen LogP contribution in [0.3, 0.4) is 0 Å². The fraction of sp³-hybridized carbons (Fsp3) is 0.933. The Morgan fingerprint density at radius 1 is 1.26 bits per heavy atom. The first kappa shape index (κ1) is 14.8.